The lowest BCUT2D eigenvalue weighted by Crippen LogP contribution is -2.34. The summed E-state index contributed by atoms with van der Waals surface area (Å²) in [5.74, 6) is 1.94. The van der Waals surface area contributed by atoms with Crippen LogP contribution in [0.4, 0.5) is 0 Å². The molecule has 1 aliphatic carbocycles. The lowest BCUT2D eigenvalue weighted by molar-refractivity contribution is 0.221. The highest BCUT2D eigenvalue weighted by atomic mass is 32.2. The third-order valence-electron chi connectivity index (χ3n) is 4.09. The maximum absolute atomic E-state index is 11.6. The molecule has 1 aliphatic rings. The van der Waals surface area contributed by atoms with Gasteiger partial charge < -0.3 is 5.32 Å². The molecule has 108 valence electrons. The predicted molar refractivity (Wildman–Crippen MR) is 77.5 cm³/mol. The third-order valence-corrected chi connectivity index (χ3v) is 5.83. The van der Waals surface area contributed by atoms with Crippen molar-refractivity contribution in [1.29, 1.82) is 0 Å². The monoisotopic (exact) mass is 275 g/mol. The third kappa shape index (κ3) is 5.70. The van der Waals surface area contributed by atoms with E-state index in [0.29, 0.717) is 23.6 Å². The lowest BCUT2D eigenvalue weighted by atomic mass is 9.78. The van der Waals surface area contributed by atoms with Crippen LogP contribution in [0.5, 0.6) is 0 Å². The van der Waals surface area contributed by atoms with Crippen LogP contribution in [0, 0.1) is 11.8 Å². The van der Waals surface area contributed by atoms with E-state index in [0.717, 1.165) is 13.0 Å². The summed E-state index contributed by atoms with van der Waals surface area (Å²) in [5, 5.41) is 3.51. The first-order chi connectivity index (χ1) is 8.44. The smallest absolute Gasteiger partial charge is 0.150 e. The first-order valence-corrected chi connectivity index (χ1v) is 9.20. The van der Waals surface area contributed by atoms with Gasteiger partial charge in [0.1, 0.15) is 9.84 Å². The van der Waals surface area contributed by atoms with Gasteiger partial charge in [0.15, 0.2) is 0 Å². The molecule has 4 heteroatoms. The molecular weight excluding hydrogens is 246 g/mol. The van der Waals surface area contributed by atoms with Gasteiger partial charge in [-0.25, -0.2) is 8.42 Å². The van der Waals surface area contributed by atoms with Crippen LogP contribution in [0.3, 0.4) is 0 Å². The Morgan fingerprint density at radius 3 is 2.33 bits per heavy atom. The van der Waals surface area contributed by atoms with Gasteiger partial charge in [0.2, 0.25) is 0 Å². The molecule has 1 saturated carbocycles. The molecule has 0 radical (unpaired) electrons. The molecule has 0 aromatic carbocycles. The molecule has 0 aromatic rings. The maximum atomic E-state index is 11.6. The van der Waals surface area contributed by atoms with Crippen LogP contribution in [0.15, 0.2) is 0 Å². The minimum absolute atomic E-state index is 0.286. The standard InChI is InChI=1S/C14H29NO2S/c1-4-18(16,17)10-9-13-7-5-6-8-14(13)11-15-12(2)3/h12-15H,4-11H2,1-3H3. The number of nitrogens with one attached hydrogen (secondary N) is 1. The molecule has 0 heterocycles. The molecule has 0 amide bonds. The van der Waals surface area contributed by atoms with Crippen LogP contribution in [-0.4, -0.2) is 32.5 Å². The van der Waals surface area contributed by atoms with Crippen molar-refractivity contribution in [1.82, 2.24) is 5.32 Å². The van der Waals surface area contributed by atoms with Crippen molar-refractivity contribution in [3.8, 4) is 0 Å². The van der Waals surface area contributed by atoms with E-state index in [1.807, 2.05) is 0 Å². The Morgan fingerprint density at radius 1 is 1.17 bits per heavy atom. The second-order valence-electron chi connectivity index (χ2n) is 5.89. The molecule has 18 heavy (non-hydrogen) atoms. The molecular formula is C14H29NO2S. The van der Waals surface area contributed by atoms with Gasteiger partial charge in [-0.2, -0.15) is 0 Å². The van der Waals surface area contributed by atoms with Crippen molar-refractivity contribution in [2.24, 2.45) is 11.8 Å². The van der Waals surface area contributed by atoms with Gasteiger partial charge in [0.25, 0.3) is 0 Å². The highest BCUT2D eigenvalue weighted by Crippen LogP contribution is 2.32. The van der Waals surface area contributed by atoms with Crippen molar-refractivity contribution < 1.29 is 8.42 Å². The lowest BCUT2D eigenvalue weighted by Gasteiger charge is -2.32. The van der Waals surface area contributed by atoms with Crippen LogP contribution < -0.4 is 5.32 Å². The fourth-order valence-corrected chi connectivity index (χ4v) is 3.75. The topological polar surface area (TPSA) is 46.2 Å². The number of hydrogen-bond acceptors (Lipinski definition) is 3. The number of hydrogen-bond donors (Lipinski definition) is 1. The van der Waals surface area contributed by atoms with Gasteiger partial charge in [-0.05, 0) is 31.2 Å². The highest BCUT2D eigenvalue weighted by molar-refractivity contribution is 7.91. The van der Waals surface area contributed by atoms with E-state index < -0.39 is 9.84 Å². The zero-order chi connectivity index (χ0) is 13.6. The fourth-order valence-electron chi connectivity index (χ4n) is 2.80. The summed E-state index contributed by atoms with van der Waals surface area (Å²) in [5.41, 5.74) is 0. The minimum Gasteiger partial charge on any atom is -0.314 e. The first kappa shape index (κ1) is 16.0. The van der Waals surface area contributed by atoms with Crippen LogP contribution in [-0.2, 0) is 9.84 Å². The largest absolute Gasteiger partial charge is 0.314 e. The Hall–Kier alpha value is -0.0900. The van der Waals surface area contributed by atoms with Crippen LogP contribution in [0.25, 0.3) is 0 Å². The summed E-state index contributed by atoms with van der Waals surface area (Å²) in [7, 11) is -2.79. The van der Waals surface area contributed by atoms with Gasteiger partial charge in [-0.3, -0.25) is 0 Å². The highest BCUT2D eigenvalue weighted by Gasteiger charge is 2.26. The van der Waals surface area contributed by atoms with Gasteiger partial charge in [0.05, 0.1) is 5.75 Å². The van der Waals surface area contributed by atoms with Crippen LogP contribution >= 0.6 is 0 Å². The molecule has 1 rings (SSSR count). The quantitative estimate of drug-likeness (QED) is 0.777. The van der Waals surface area contributed by atoms with E-state index >= 15 is 0 Å². The second kappa shape index (κ2) is 7.49. The van der Waals surface area contributed by atoms with E-state index in [1.54, 1.807) is 6.92 Å². The van der Waals surface area contributed by atoms with E-state index in [9.17, 15) is 8.42 Å². The molecule has 1 N–H and O–H groups in total. The van der Waals surface area contributed by atoms with Crippen molar-refractivity contribution in [3.63, 3.8) is 0 Å². The van der Waals surface area contributed by atoms with Crippen molar-refractivity contribution in [3.05, 3.63) is 0 Å². The van der Waals surface area contributed by atoms with Crippen LogP contribution in [0.2, 0.25) is 0 Å². The Morgan fingerprint density at radius 2 is 1.78 bits per heavy atom. The van der Waals surface area contributed by atoms with Gasteiger partial charge in [0, 0.05) is 11.8 Å². The van der Waals surface area contributed by atoms with E-state index in [2.05, 4.69) is 19.2 Å². The molecule has 0 aliphatic heterocycles. The Bertz CT molecular complexity index is 325. The van der Waals surface area contributed by atoms with Crippen LogP contribution in [0.1, 0.15) is 52.9 Å². The molecule has 0 spiro atoms. The second-order valence-corrected chi connectivity index (χ2v) is 8.37. The molecule has 1 fully saturated rings. The maximum Gasteiger partial charge on any atom is 0.150 e. The summed E-state index contributed by atoms with van der Waals surface area (Å²) >= 11 is 0. The van der Waals surface area contributed by atoms with Gasteiger partial charge in [-0.15, -0.1) is 0 Å². The summed E-state index contributed by atoms with van der Waals surface area (Å²) in [4.78, 5) is 0. The summed E-state index contributed by atoms with van der Waals surface area (Å²) < 4.78 is 23.2. The normalized spacial score (nSPS) is 25.6. The van der Waals surface area contributed by atoms with Crippen molar-refractivity contribution in [2.45, 2.75) is 58.9 Å². The average Bonchev–Trinajstić information content (AvgIpc) is 2.35. The zero-order valence-electron chi connectivity index (χ0n) is 12.1. The average molecular weight is 275 g/mol. The Labute approximate surface area is 113 Å². The minimum atomic E-state index is -2.79. The Kier molecular flexibility index (Phi) is 6.64. The van der Waals surface area contributed by atoms with Crippen molar-refractivity contribution >= 4 is 9.84 Å². The van der Waals surface area contributed by atoms with Gasteiger partial charge >= 0.3 is 0 Å². The summed E-state index contributed by atoms with van der Waals surface area (Å²) in [6.07, 6.45) is 5.91. The SMILES string of the molecule is CCS(=O)(=O)CCC1CCCCC1CNC(C)C. The summed E-state index contributed by atoms with van der Waals surface area (Å²) in [6.45, 7) is 7.13. The molecule has 0 bridgehead atoms. The van der Waals surface area contributed by atoms with E-state index in [1.165, 1.54) is 25.7 Å². The zero-order valence-corrected chi connectivity index (χ0v) is 12.9. The molecule has 2 atom stereocenters. The number of sulfone groups is 1. The fraction of sp³-hybridized carbons (Fsp3) is 1.00. The first-order valence-electron chi connectivity index (χ1n) is 7.38. The number of rotatable bonds is 7. The van der Waals surface area contributed by atoms with Crippen molar-refractivity contribution in [2.75, 3.05) is 18.1 Å². The molecule has 0 saturated heterocycles. The summed E-state index contributed by atoms with van der Waals surface area (Å²) in [6, 6.07) is 0.520. The van der Waals surface area contributed by atoms with E-state index in [4.69, 9.17) is 0 Å². The molecule has 3 nitrogen and oxygen atoms in total. The van der Waals surface area contributed by atoms with Gasteiger partial charge in [-0.1, -0.05) is 40.0 Å². The Balaban J connectivity index is 2.44. The molecule has 2 unspecified atom stereocenters. The van der Waals surface area contributed by atoms with E-state index in [-0.39, 0.29) is 5.75 Å². The predicted octanol–water partition coefficient (Wildman–Crippen LogP) is 2.62. The molecule has 0 aromatic heterocycles.